The number of carbonyl (C=O) groups is 1. The molecule has 3 nitrogen and oxygen atoms in total. The third-order valence-corrected chi connectivity index (χ3v) is 4.32. The van der Waals surface area contributed by atoms with Gasteiger partial charge in [0.25, 0.3) is 0 Å². The van der Waals surface area contributed by atoms with E-state index in [0.29, 0.717) is 11.4 Å². The Bertz CT molecular complexity index is 507. The molecule has 1 amide bonds. The summed E-state index contributed by atoms with van der Waals surface area (Å²) in [6.45, 7) is 4.10. The molecule has 1 N–H and O–H groups in total. The predicted molar refractivity (Wildman–Crippen MR) is 76.2 cm³/mol. The molecule has 21 heavy (non-hydrogen) atoms. The molecular formula is C14H17F3N2OS. The summed E-state index contributed by atoms with van der Waals surface area (Å²) in [5.41, 5.74) is -0.685. The van der Waals surface area contributed by atoms with Gasteiger partial charge in [-0.1, -0.05) is 6.07 Å². The second-order valence-corrected chi connectivity index (χ2v) is 6.00. The Hall–Kier alpha value is -1.21. The first-order valence-electron chi connectivity index (χ1n) is 6.68. The number of thioether (sulfide) groups is 1. The number of rotatable bonds is 3. The molecule has 0 unspecified atom stereocenters. The molecule has 1 aliphatic rings. The molecule has 2 rings (SSSR count). The Labute approximate surface area is 125 Å². The topological polar surface area (TPSA) is 32.3 Å². The molecule has 0 bridgehead atoms. The maximum absolute atomic E-state index is 12.6. The number of alkyl halides is 3. The zero-order valence-corrected chi connectivity index (χ0v) is 12.4. The molecular weight excluding hydrogens is 301 g/mol. The van der Waals surface area contributed by atoms with Gasteiger partial charge in [-0.3, -0.25) is 4.79 Å². The van der Waals surface area contributed by atoms with Crippen LogP contribution in [0.3, 0.4) is 0 Å². The maximum atomic E-state index is 12.6. The summed E-state index contributed by atoms with van der Waals surface area (Å²) in [4.78, 5) is 14.4. The largest absolute Gasteiger partial charge is 0.416 e. The molecule has 0 spiro atoms. The number of nitrogens with zero attached hydrogens (tertiary/aromatic N) is 1. The Morgan fingerprint density at radius 1 is 1.48 bits per heavy atom. The summed E-state index contributed by atoms with van der Waals surface area (Å²) in [7, 11) is 0. The van der Waals surface area contributed by atoms with Gasteiger partial charge in [0.15, 0.2) is 0 Å². The fourth-order valence-corrected chi connectivity index (χ4v) is 3.04. The third kappa shape index (κ3) is 4.38. The number of benzene rings is 1. The highest BCUT2D eigenvalue weighted by Gasteiger charge is 2.30. The third-order valence-electron chi connectivity index (χ3n) is 3.35. The van der Waals surface area contributed by atoms with E-state index in [4.69, 9.17) is 0 Å². The number of hydrogen-bond donors (Lipinski definition) is 1. The van der Waals surface area contributed by atoms with Gasteiger partial charge in [-0.25, -0.2) is 0 Å². The Balaban J connectivity index is 1.95. The van der Waals surface area contributed by atoms with Crippen molar-refractivity contribution < 1.29 is 18.0 Å². The molecule has 1 saturated heterocycles. The zero-order chi connectivity index (χ0) is 15.5. The molecule has 1 aliphatic heterocycles. The summed E-state index contributed by atoms with van der Waals surface area (Å²) in [5.74, 6) is 0.123. The minimum atomic E-state index is -4.35. The lowest BCUT2D eigenvalue weighted by atomic mass is 10.2. The normalized spacial score (nSPS) is 19.6. The summed E-state index contributed by atoms with van der Waals surface area (Å²) >= 11 is 1.14. The van der Waals surface area contributed by atoms with Gasteiger partial charge in [0, 0.05) is 30.6 Å². The van der Waals surface area contributed by atoms with Gasteiger partial charge in [-0.05, 0) is 25.1 Å². The maximum Gasteiger partial charge on any atom is 0.416 e. The fraction of sp³-hybridized carbons (Fsp3) is 0.500. The van der Waals surface area contributed by atoms with Crippen molar-refractivity contribution in [2.75, 3.05) is 25.4 Å². The average molecular weight is 318 g/mol. The molecule has 0 aliphatic carbocycles. The van der Waals surface area contributed by atoms with E-state index in [2.05, 4.69) is 5.32 Å². The Morgan fingerprint density at radius 2 is 2.24 bits per heavy atom. The first-order chi connectivity index (χ1) is 9.88. The number of piperazine rings is 1. The van der Waals surface area contributed by atoms with Crippen molar-refractivity contribution in [2.45, 2.75) is 24.0 Å². The standard InChI is InChI=1S/C14H17F3N2OS/c1-10-8-18-5-6-19(10)13(20)9-21-12-4-2-3-11(7-12)14(15,16)17/h2-4,7,10,18H,5-6,8-9H2,1H3/t10-/m1/s1. The SMILES string of the molecule is C[C@@H]1CNCCN1C(=O)CSc1cccc(C(F)(F)F)c1. The van der Waals surface area contributed by atoms with Crippen LogP contribution in [0.1, 0.15) is 12.5 Å². The van der Waals surface area contributed by atoms with Crippen LogP contribution in [0.5, 0.6) is 0 Å². The molecule has 0 aromatic heterocycles. The van der Waals surface area contributed by atoms with E-state index >= 15 is 0 Å². The molecule has 116 valence electrons. The first kappa shape index (κ1) is 16.2. The lowest BCUT2D eigenvalue weighted by molar-refractivity contribution is -0.137. The minimum Gasteiger partial charge on any atom is -0.337 e. The van der Waals surface area contributed by atoms with Crippen LogP contribution in [-0.4, -0.2) is 42.2 Å². The van der Waals surface area contributed by atoms with Crippen molar-refractivity contribution in [2.24, 2.45) is 0 Å². The van der Waals surface area contributed by atoms with Crippen LogP contribution < -0.4 is 5.32 Å². The van der Waals surface area contributed by atoms with E-state index in [0.717, 1.165) is 37.0 Å². The highest BCUT2D eigenvalue weighted by atomic mass is 32.2. The molecule has 1 aromatic rings. The molecule has 0 radical (unpaired) electrons. The molecule has 1 aromatic carbocycles. The van der Waals surface area contributed by atoms with Crippen LogP contribution in [0.4, 0.5) is 13.2 Å². The second kappa shape index (κ2) is 6.70. The quantitative estimate of drug-likeness (QED) is 0.870. The molecule has 7 heteroatoms. The average Bonchev–Trinajstić information content (AvgIpc) is 2.45. The molecule has 1 heterocycles. The van der Waals surface area contributed by atoms with Crippen molar-refractivity contribution in [1.29, 1.82) is 0 Å². The van der Waals surface area contributed by atoms with E-state index in [-0.39, 0.29) is 17.7 Å². The van der Waals surface area contributed by atoms with E-state index < -0.39 is 11.7 Å². The van der Waals surface area contributed by atoms with E-state index in [1.54, 1.807) is 11.0 Å². The summed E-state index contributed by atoms with van der Waals surface area (Å²) < 4.78 is 37.9. The lowest BCUT2D eigenvalue weighted by Crippen LogP contribution is -2.52. The fourth-order valence-electron chi connectivity index (χ4n) is 2.20. The van der Waals surface area contributed by atoms with Gasteiger partial charge in [-0.15, -0.1) is 11.8 Å². The zero-order valence-electron chi connectivity index (χ0n) is 11.6. The number of carbonyl (C=O) groups excluding carboxylic acids is 1. The summed E-state index contributed by atoms with van der Waals surface area (Å²) in [5, 5.41) is 3.19. The van der Waals surface area contributed by atoms with Gasteiger partial charge in [0.05, 0.1) is 11.3 Å². The number of amides is 1. The molecule has 1 atom stereocenters. The van der Waals surface area contributed by atoms with Crippen LogP contribution in [0.25, 0.3) is 0 Å². The van der Waals surface area contributed by atoms with Crippen LogP contribution in [0, 0.1) is 0 Å². The highest BCUT2D eigenvalue weighted by molar-refractivity contribution is 8.00. The Kier molecular flexibility index (Phi) is 5.16. The van der Waals surface area contributed by atoms with Crippen LogP contribution >= 0.6 is 11.8 Å². The monoisotopic (exact) mass is 318 g/mol. The van der Waals surface area contributed by atoms with Crippen molar-refractivity contribution >= 4 is 17.7 Å². The van der Waals surface area contributed by atoms with Crippen LogP contribution in [-0.2, 0) is 11.0 Å². The Morgan fingerprint density at radius 3 is 2.90 bits per heavy atom. The number of nitrogens with one attached hydrogen (secondary N) is 1. The van der Waals surface area contributed by atoms with Crippen molar-refractivity contribution in [3.8, 4) is 0 Å². The smallest absolute Gasteiger partial charge is 0.337 e. The summed E-state index contributed by atoms with van der Waals surface area (Å²) in [6.07, 6.45) is -4.35. The van der Waals surface area contributed by atoms with E-state index in [1.807, 2.05) is 6.92 Å². The van der Waals surface area contributed by atoms with Gasteiger partial charge in [0.1, 0.15) is 0 Å². The minimum absolute atomic E-state index is 0.0357. The predicted octanol–water partition coefficient (Wildman–Crippen LogP) is 2.62. The van der Waals surface area contributed by atoms with E-state index in [9.17, 15) is 18.0 Å². The number of hydrogen-bond acceptors (Lipinski definition) is 3. The van der Waals surface area contributed by atoms with Gasteiger partial charge < -0.3 is 10.2 Å². The van der Waals surface area contributed by atoms with Crippen molar-refractivity contribution in [3.05, 3.63) is 29.8 Å². The first-order valence-corrected chi connectivity index (χ1v) is 7.67. The van der Waals surface area contributed by atoms with Crippen LogP contribution in [0.2, 0.25) is 0 Å². The van der Waals surface area contributed by atoms with Gasteiger partial charge >= 0.3 is 6.18 Å². The second-order valence-electron chi connectivity index (χ2n) is 4.95. The van der Waals surface area contributed by atoms with E-state index in [1.165, 1.54) is 6.07 Å². The summed E-state index contributed by atoms with van der Waals surface area (Å²) in [6, 6.07) is 5.19. The van der Waals surface area contributed by atoms with Crippen LogP contribution in [0.15, 0.2) is 29.2 Å². The highest BCUT2D eigenvalue weighted by Crippen LogP contribution is 2.31. The van der Waals surface area contributed by atoms with Gasteiger partial charge in [0.2, 0.25) is 5.91 Å². The molecule has 0 saturated carbocycles. The van der Waals surface area contributed by atoms with Crippen molar-refractivity contribution in [3.63, 3.8) is 0 Å². The van der Waals surface area contributed by atoms with Gasteiger partial charge in [-0.2, -0.15) is 13.2 Å². The number of halogens is 3. The molecule has 1 fully saturated rings. The lowest BCUT2D eigenvalue weighted by Gasteiger charge is -2.34. The van der Waals surface area contributed by atoms with Crippen molar-refractivity contribution in [1.82, 2.24) is 10.2 Å².